The lowest BCUT2D eigenvalue weighted by atomic mass is 9.52. The first kappa shape index (κ1) is 15.2. The lowest BCUT2D eigenvalue weighted by molar-refractivity contribution is -0.155. The third kappa shape index (κ3) is 2.50. The molecule has 0 unspecified atom stereocenters. The van der Waals surface area contributed by atoms with Gasteiger partial charge in [-0.25, -0.2) is 0 Å². The van der Waals surface area contributed by atoms with Gasteiger partial charge in [-0.05, 0) is 68.8 Å². The highest BCUT2D eigenvalue weighted by atomic mass is 16.2. The molecule has 4 saturated carbocycles. The van der Waals surface area contributed by atoms with Crippen molar-refractivity contribution < 1.29 is 4.79 Å². The molecule has 1 amide bonds. The number of rotatable bonds is 4. The fourth-order valence-electron chi connectivity index (χ4n) is 6.23. The van der Waals surface area contributed by atoms with Crippen LogP contribution in [0.15, 0.2) is 30.3 Å². The minimum absolute atomic E-state index is 0.0699. The summed E-state index contributed by atoms with van der Waals surface area (Å²) in [5.74, 6) is 2.62. The molecule has 0 radical (unpaired) electrons. The second-order valence-corrected chi connectivity index (χ2v) is 8.20. The lowest BCUT2D eigenvalue weighted by Crippen LogP contribution is -2.62. The molecule has 3 nitrogen and oxygen atoms in total. The Hall–Kier alpha value is -1.35. The molecule has 124 valence electrons. The molecule has 23 heavy (non-hydrogen) atoms. The van der Waals surface area contributed by atoms with Crippen molar-refractivity contribution >= 4 is 5.91 Å². The van der Waals surface area contributed by atoms with E-state index in [1.54, 1.807) is 0 Å². The maximum absolute atomic E-state index is 12.8. The van der Waals surface area contributed by atoms with Gasteiger partial charge < -0.3 is 10.6 Å². The summed E-state index contributed by atoms with van der Waals surface area (Å²) >= 11 is 0. The molecule has 3 heteroatoms. The highest BCUT2D eigenvalue weighted by Gasteiger charge is 2.55. The monoisotopic (exact) mass is 312 g/mol. The van der Waals surface area contributed by atoms with Crippen LogP contribution in [0.25, 0.3) is 0 Å². The van der Waals surface area contributed by atoms with Gasteiger partial charge in [-0.15, -0.1) is 0 Å². The standard InChI is InChI=1S/C20H28N2O/c1-14(18-5-3-2-4-6-18)22(19(23)13-21)20-10-15-7-16(11-20)9-17(8-15)12-20/h2-6,14-17H,7-13,21H2,1H3/t14-,15?,16?,17?,20?/m0/s1. The first-order chi connectivity index (χ1) is 11.1. The molecular formula is C20H28N2O. The second kappa shape index (κ2) is 5.62. The molecule has 4 fully saturated rings. The Morgan fingerprint density at radius 1 is 1.13 bits per heavy atom. The predicted molar refractivity (Wildman–Crippen MR) is 91.7 cm³/mol. The van der Waals surface area contributed by atoms with Gasteiger partial charge in [0.05, 0.1) is 12.6 Å². The minimum atomic E-state index is 0.0699. The Morgan fingerprint density at radius 3 is 2.13 bits per heavy atom. The van der Waals surface area contributed by atoms with Gasteiger partial charge >= 0.3 is 0 Å². The van der Waals surface area contributed by atoms with Crippen LogP contribution in [-0.2, 0) is 4.79 Å². The van der Waals surface area contributed by atoms with Crippen molar-refractivity contribution in [3.8, 4) is 0 Å². The number of hydrogen-bond acceptors (Lipinski definition) is 2. The Labute approximate surface area is 139 Å². The number of carbonyl (C=O) groups is 1. The molecule has 0 aromatic heterocycles. The van der Waals surface area contributed by atoms with E-state index < -0.39 is 0 Å². The van der Waals surface area contributed by atoms with Gasteiger partial charge in [0.1, 0.15) is 0 Å². The van der Waals surface area contributed by atoms with Crippen LogP contribution in [-0.4, -0.2) is 22.9 Å². The van der Waals surface area contributed by atoms with Gasteiger partial charge in [0.25, 0.3) is 0 Å². The van der Waals surface area contributed by atoms with Gasteiger partial charge in [0.2, 0.25) is 5.91 Å². The van der Waals surface area contributed by atoms with Crippen LogP contribution in [0.5, 0.6) is 0 Å². The van der Waals surface area contributed by atoms with Gasteiger partial charge in [-0.2, -0.15) is 0 Å². The van der Waals surface area contributed by atoms with Crippen molar-refractivity contribution in [2.75, 3.05) is 6.54 Å². The van der Waals surface area contributed by atoms with Crippen LogP contribution >= 0.6 is 0 Å². The summed E-state index contributed by atoms with van der Waals surface area (Å²) in [5.41, 5.74) is 7.11. The zero-order chi connectivity index (χ0) is 16.0. The zero-order valence-electron chi connectivity index (χ0n) is 14.1. The van der Waals surface area contributed by atoms with E-state index >= 15 is 0 Å². The molecule has 0 saturated heterocycles. The molecule has 4 aliphatic rings. The van der Waals surface area contributed by atoms with E-state index in [-0.39, 0.29) is 24.0 Å². The summed E-state index contributed by atoms with van der Waals surface area (Å²) in [6.07, 6.45) is 7.77. The molecule has 4 aliphatic carbocycles. The smallest absolute Gasteiger partial charge is 0.237 e. The first-order valence-corrected chi connectivity index (χ1v) is 9.18. The van der Waals surface area contributed by atoms with E-state index in [0.29, 0.717) is 0 Å². The van der Waals surface area contributed by atoms with Crippen LogP contribution in [0.4, 0.5) is 0 Å². The van der Waals surface area contributed by atoms with Gasteiger partial charge in [-0.1, -0.05) is 30.3 Å². The van der Waals surface area contributed by atoms with Crippen LogP contribution in [0, 0.1) is 17.8 Å². The van der Waals surface area contributed by atoms with Crippen molar-refractivity contribution in [3.63, 3.8) is 0 Å². The predicted octanol–water partition coefficient (Wildman–Crippen LogP) is 3.50. The number of benzene rings is 1. The van der Waals surface area contributed by atoms with Crippen molar-refractivity contribution in [2.45, 2.75) is 57.0 Å². The Morgan fingerprint density at radius 2 is 1.65 bits per heavy atom. The average Bonchev–Trinajstić information content (AvgIpc) is 2.54. The molecule has 1 atom stereocenters. The number of amides is 1. The topological polar surface area (TPSA) is 46.3 Å². The molecule has 1 aromatic carbocycles. The molecule has 0 heterocycles. The van der Waals surface area contributed by atoms with Crippen LogP contribution in [0.1, 0.15) is 57.1 Å². The molecule has 4 bridgehead atoms. The highest BCUT2D eigenvalue weighted by Crippen LogP contribution is 2.59. The fourth-order valence-corrected chi connectivity index (χ4v) is 6.23. The fraction of sp³-hybridized carbons (Fsp3) is 0.650. The van der Waals surface area contributed by atoms with E-state index in [9.17, 15) is 4.79 Å². The van der Waals surface area contributed by atoms with Crippen LogP contribution in [0.2, 0.25) is 0 Å². The van der Waals surface area contributed by atoms with Gasteiger partial charge in [0, 0.05) is 5.54 Å². The van der Waals surface area contributed by atoms with E-state index in [2.05, 4.69) is 36.1 Å². The zero-order valence-corrected chi connectivity index (χ0v) is 14.1. The van der Waals surface area contributed by atoms with Crippen molar-refractivity contribution in [2.24, 2.45) is 23.5 Å². The van der Waals surface area contributed by atoms with E-state index in [1.165, 1.54) is 44.1 Å². The second-order valence-electron chi connectivity index (χ2n) is 8.20. The molecule has 0 spiro atoms. The number of carbonyl (C=O) groups excluding carboxylic acids is 1. The average molecular weight is 312 g/mol. The maximum atomic E-state index is 12.8. The molecule has 5 rings (SSSR count). The van der Waals surface area contributed by atoms with E-state index in [1.807, 2.05) is 6.07 Å². The first-order valence-electron chi connectivity index (χ1n) is 9.18. The normalized spacial score (nSPS) is 36.0. The molecule has 0 aliphatic heterocycles. The third-order valence-corrected chi connectivity index (χ3v) is 6.63. The van der Waals surface area contributed by atoms with E-state index in [0.717, 1.165) is 17.8 Å². The minimum Gasteiger partial charge on any atom is -0.329 e. The van der Waals surface area contributed by atoms with Gasteiger partial charge in [0.15, 0.2) is 0 Å². The number of nitrogens with zero attached hydrogens (tertiary/aromatic N) is 1. The number of nitrogens with two attached hydrogens (primary N) is 1. The van der Waals surface area contributed by atoms with Crippen LogP contribution in [0.3, 0.4) is 0 Å². The molecular weight excluding hydrogens is 284 g/mol. The lowest BCUT2D eigenvalue weighted by Gasteiger charge is -2.61. The quantitative estimate of drug-likeness (QED) is 0.925. The van der Waals surface area contributed by atoms with E-state index in [4.69, 9.17) is 5.73 Å². The third-order valence-electron chi connectivity index (χ3n) is 6.63. The van der Waals surface area contributed by atoms with Crippen molar-refractivity contribution in [3.05, 3.63) is 35.9 Å². The summed E-state index contributed by atoms with van der Waals surface area (Å²) in [7, 11) is 0. The van der Waals surface area contributed by atoms with Crippen LogP contribution < -0.4 is 5.73 Å². The SMILES string of the molecule is C[C@@H](c1ccccc1)N(C(=O)CN)C12CC3CC(CC(C3)C1)C2. The number of hydrogen-bond donors (Lipinski definition) is 1. The van der Waals surface area contributed by atoms with Crippen molar-refractivity contribution in [1.82, 2.24) is 4.90 Å². The summed E-state index contributed by atoms with van der Waals surface area (Å²) in [6.45, 7) is 2.31. The van der Waals surface area contributed by atoms with Gasteiger partial charge in [-0.3, -0.25) is 4.79 Å². The highest BCUT2D eigenvalue weighted by molar-refractivity contribution is 5.79. The Bertz CT molecular complexity index is 547. The largest absolute Gasteiger partial charge is 0.329 e. The molecule has 2 N–H and O–H groups in total. The summed E-state index contributed by atoms with van der Waals surface area (Å²) < 4.78 is 0. The Balaban J connectivity index is 1.70. The van der Waals surface area contributed by atoms with Crippen molar-refractivity contribution in [1.29, 1.82) is 0 Å². The Kier molecular flexibility index (Phi) is 3.72. The summed E-state index contributed by atoms with van der Waals surface area (Å²) in [4.78, 5) is 15.0. The molecule has 1 aromatic rings. The summed E-state index contributed by atoms with van der Waals surface area (Å²) in [5, 5.41) is 0. The summed E-state index contributed by atoms with van der Waals surface area (Å²) in [6, 6.07) is 10.6. The maximum Gasteiger partial charge on any atom is 0.237 e.